The maximum Gasteiger partial charge on any atom is 0.244 e. The van der Waals surface area contributed by atoms with Crippen LogP contribution in [-0.2, 0) is 4.43 Å². The molecule has 88 valence electrons. The maximum absolute atomic E-state index is 5.79. The molecule has 0 N–H and O–H groups in total. The number of hydrogen-bond donors (Lipinski definition) is 0. The second-order valence-corrected chi connectivity index (χ2v) is 14.0. The summed E-state index contributed by atoms with van der Waals surface area (Å²) in [6.45, 7) is 9.29. The van der Waals surface area contributed by atoms with Gasteiger partial charge in [-0.2, -0.15) is 0 Å². The van der Waals surface area contributed by atoms with Crippen molar-refractivity contribution >= 4 is 21.6 Å². The quantitative estimate of drug-likeness (QED) is 0.746. The van der Waals surface area contributed by atoms with E-state index in [1.165, 1.54) is 5.19 Å². The van der Waals surface area contributed by atoms with Crippen LogP contribution in [0.15, 0.2) is 41.7 Å². The molecule has 0 aliphatic heterocycles. The van der Waals surface area contributed by atoms with E-state index >= 15 is 0 Å². The Balaban J connectivity index is 3.00. The van der Waals surface area contributed by atoms with Crippen LogP contribution in [0.5, 0.6) is 0 Å². The second-order valence-electron chi connectivity index (χ2n) is 5.38. The molecule has 1 aromatic rings. The molecule has 0 amide bonds. The highest BCUT2D eigenvalue weighted by Crippen LogP contribution is 2.10. The van der Waals surface area contributed by atoms with Crippen molar-refractivity contribution < 1.29 is 4.43 Å². The van der Waals surface area contributed by atoms with E-state index in [0.29, 0.717) is 0 Å². The molecule has 0 fully saturated rings. The Bertz CT molecular complexity index is 354. The van der Waals surface area contributed by atoms with E-state index in [1.807, 2.05) is 7.11 Å². The van der Waals surface area contributed by atoms with Crippen molar-refractivity contribution in [3.8, 4) is 0 Å². The van der Waals surface area contributed by atoms with E-state index in [2.05, 4.69) is 67.9 Å². The van der Waals surface area contributed by atoms with Crippen LogP contribution in [-0.4, -0.2) is 23.5 Å². The number of hydrogen-bond acceptors (Lipinski definition) is 1. The SMILES string of the molecule is CO[Si](C)(/C=C/[Si](C)(C)C)c1ccccc1. The van der Waals surface area contributed by atoms with E-state index < -0.39 is 16.4 Å². The summed E-state index contributed by atoms with van der Waals surface area (Å²) in [5, 5.41) is 1.34. The minimum absolute atomic E-state index is 1.14. The maximum atomic E-state index is 5.79. The minimum Gasteiger partial charge on any atom is -0.412 e. The highest BCUT2D eigenvalue weighted by atomic mass is 28.4. The molecule has 0 heterocycles. The average molecular weight is 250 g/mol. The molecule has 1 rings (SSSR count). The van der Waals surface area contributed by atoms with Gasteiger partial charge in [0, 0.05) is 7.11 Å². The lowest BCUT2D eigenvalue weighted by molar-refractivity contribution is 0.420. The highest BCUT2D eigenvalue weighted by molar-refractivity contribution is 6.92. The molecule has 0 saturated carbocycles. The molecule has 3 heteroatoms. The number of benzene rings is 1. The summed E-state index contributed by atoms with van der Waals surface area (Å²) in [7, 11) is -1.17. The predicted octanol–water partition coefficient (Wildman–Crippen LogP) is 3.09. The van der Waals surface area contributed by atoms with Crippen molar-refractivity contribution in [3.05, 3.63) is 41.7 Å². The number of rotatable bonds is 4. The van der Waals surface area contributed by atoms with Gasteiger partial charge in [-0.1, -0.05) is 55.7 Å². The summed E-state index contributed by atoms with van der Waals surface area (Å²) in [6.07, 6.45) is 0. The first-order valence-corrected chi connectivity index (χ1v) is 11.7. The first-order chi connectivity index (χ1) is 7.37. The Morgan fingerprint density at radius 3 is 1.94 bits per heavy atom. The molecule has 0 saturated heterocycles. The monoisotopic (exact) mass is 250 g/mol. The summed E-state index contributed by atoms with van der Waals surface area (Å²) in [5.74, 6) is 0. The second kappa shape index (κ2) is 5.12. The lowest BCUT2D eigenvalue weighted by Crippen LogP contribution is -2.46. The van der Waals surface area contributed by atoms with Crippen molar-refractivity contribution in [3.63, 3.8) is 0 Å². The van der Waals surface area contributed by atoms with Gasteiger partial charge in [-0.25, -0.2) is 0 Å². The van der Waals surface area contributed by atoms with Gasteiger partial charge in [0.15, 0.2) is 0 Å². The van der Waals surface area contributed by atoms with E-state index in [1.54, 1.807) is 0 Å². The highest BCUT2D eigenvalue weighted by Gasteiger charge is 2.27. The third-order valence-corrected chi connectivity index (χ3v) is 7.30. The van der Waals surface area contributed by atoms with Gasteiger partial charge in [-0.05, 0) is 11.7 Å². The Hall–Kier alpha value is -0.646. The van der Waals surface area contributed by atoms with Crippen LogP contribution < -0.4 is 5.19 Å². The van der Waals surface area contributed by atoms with Crippen LogP contribution >= 0.6 is 0 Å². The van der Waals surface area contributed by atoms with Gasteiger partial charge in [-0.15, -0.1) is 5.70 Å². The van der Waals surface area contributed by atoms with Crippen molar-refractivity contribution in [2.75, 3.05) is 7.11 Å². The zero-order chi connectivity index (χ0) is 12.2. The largest absolute Gasteiger partial charge is 0.412 e. The topological polar surface area (TPSA) is 9.23 Å². The smallest absolute Gasteiger partial charge is 0.244 e. The Morgan fingerprint density at radius 2 is 1.50 bits per heavy atom. The van der Waals surface area contributed by atoms with Gasteiger partial charge in [0.05, 0.1) is 8.07 Å². The fourth-order valence-corrected chi connectivity index (χ4v) is 6.15. The van der Waals surface area contributed by atoms with Gasteiger partial charge >= 0.3 is 0 Å². The molecular formula is C13H22OSi2. The average Bonchev–Trinajstić information content (AvgIpc) is 2.26. The molecule has 1 unspecified atom stereocenters. The molecule has 0 aliphatic rings. The van der Waals surface area contributed by atoms with Crippen LogP contribution in [0.4, 0.5) is 0 Å². The predicted molar refractivity (Wildman–Crippen MR) is 77.2 cm³/mol. The molecule has 1 nitrogen and oxygen atoms in total. The van der Waals surface area contributed by atoms with Gasteiger partial charge in [-0.3, -0.25) is 0 Å². The molecular weight excluding hydrogens is 228 g/mol. The van der Waals surface area contributed by atoms with Gasteiger partial charge < -0.3 is 4.43 Å². The minimum atomic E-state index is -1.86. The van der Waals surface area contributed by atoms with E-state index in [0.717, 1.165) is 0 Å². The fourth-order valence-electron chi connectivity index (χ4n) is 1.46. The van der Waals surface area contributed by atoms with Crippen LogP contribution in [0.25, 0.3) is 0 Å². The zero-order valence-electron chi connectivity index (χ0n) is 10.9. The molecule has 0 radical (unpaired) electrons. The molecule has 1 aromatic carbocycles. The van der Waals surface area contributed by atoms with E-state index in [-0.39, 0.29) is 0 Å². The summed E-state index contributed by atoms with van der Waals surface area (Å²) in [6, 6.07) is 10.6. The van der Waals surface area contributed by atoms with Crippen LogP contribution in [0.1, 0.15) is 0 Å². The fraction of sp³-hybridized carbons (Fsp3) is 0.385. The lowest BCUT2D eigenvalue weighted by Gasteiger charge is -2.23. The standard InChI is InChI=1S/C13H22OSi2/c1-14-16(5,12-11-15(2,3)4)13-9-7-6-8-10-13/h6-12H,1-5H3/b12-11+. The Morgan fingerprint density at radius 1 is 0.938 bits per heavy atom. The van der Waals surface area contributed by atoms with Gasteiger partial charge in [0.25, 0.3) is 0 Å². The normalized spacial score (nSPS) is 16.3. The van der Waals surface area contributed by atoms with Gasteiger partial charge in [0.1, 0.15) is 0 Å². The summed E-state index contributed by atoms with van der Waals surface area (Å²) in [5.41, 5.74) is 4.74. The van der Waals surface area contributed by atoms with Crippen molar-refractivity contribution in [2.45, 2.75) is 26.2 Å². The zero-order valence-corrected chi connectivity index (χ0v) is 12.9. The molecule has 1 atom stereocenters. The summed E-state index contributed by atoms with van der Waals surface area (Å²) >= 11 is 0. The Kier molecular flexibility index (Phi) is 4.30. The van der Waals surface area contributed by atoms with Crippen molar-refractivity contribution in [2.24, 2.45) is 0 Å². The molecule has 0 aromatic heterocycles. The van der Waals surface area contributed by atoms with Crippen molar-refractivity contribution in [1.82, 2.24) is 0 Å². The Labute approximate surface area is 101 Å². The molecule has 16 heavy (non-hydrogen) atoms. The first-order valence-electron chi connectivity index (χ1n) is 5.68. The molecule has 0 bridgehead atoms. The van der Waals surface area contributed by atoms with E-state index in [4.69, 9.17) is 4.43 Å². The van der Waals surface area contributed by atoms with Crippen LogP contribution in [0.3, 0.4) is 0 Å². The first kappa shape index (κ1) is 13.4. The van der Waals surface area contributed by atoms with Crippen LogP contribution in [0, 0.1) is 0 Å². The van der Waals surface area contributed by atoms with E-state index in [9.17, 15) is 0 Å². The molecule has 0 spiro atoms. The molecule has 0 aliphatic carbocycles. The van der Waals surface area contributed by atoms with Crippen molar-refractivity contribution in [1.29, 1.82) is 0 Å². The lowest BCUT2D eigenvalue weighted by atomic mass is 10.4. The summed E-state index contributed by atoms with van der Waals surface area (Å²) in [4.78, 5) is 0. The third kappa shape index (κ3) is 3.74. The third-order valence-electron chi connectivity index (χ3n) is 2.67. The van der Waals surface area contributed by atoms with Gasteiger partial charge in [0.2, 0.25) is 8.32 Å². The summed E-state index contributed by atoms with van der Waals surface area (Å²) < 4.78 is 5.79. The van der Waals surface area contributed by atoms with Crippen LogP contribution in [0.2, 0.25) is 26.2 Å².